The maximum Gasteiger partial charge on any atom is 0.341 e. The highest BCUT2D eigenvalue weighted by Gasteiger charge is 2.13. The standard InChI is InChI=1S/C13H14BrN3O6/c1-15-12(20)13(21)17-16-5-7-3-8(14)11(9(4-7)22-2)23-6-10(18)19/h3-5H,6H2,1-2H3,(H,15,20)(H,17,21)(H,18,19)/b16-5-. The topological polar surface area (TPSA) is 126 Å². The van der Waals surface area contributed by atoms with Crippen LogP contribution in [-0.2, 0) is 14.4 Å². The van der Waals surface area contributed by atoms with Crippen LogP contribution in [0.15, 0.2) is 21.7 Å². The summed E-state index contributed by atoms with van der Waals surface area (Å²) in [6.45, 7) is -0.523. The van der Waals surface area contributed by atoms with E-state index < -0.39 is 24.4 Å². The van der Waals surface area contributed by atoms with Crippen molar-refractivity contribution in [3.63, 3.8) is 0 Å². The number of halogens is 1. The van der Waals surface area contributed by atoms with Gasteiger partial charge < -0.3 is 19.9 Å². The van der Waals surface area contributed by atoms with E-state index in [9.17, 15) is 14.4 Å². The monoisotopic (exact) mass is 387 g/mol. The first-order valence-electron chi connectivity index (χ1n) is 6.16. The lowest BCUT2D eigenvalue weighted by molar-refractivity contribution is -0.139. The molecule has 3 N–H and O–H groups in total. The van der Waals surface area contributed by atoms with Crippen LogP contribution in [0.2, 0.25) is 0 Å². The van der Waals surface area contributed by atoms with Crippen molar-refractivity contribution in [1.82, 2.24) is 10.7 Å². The summed E-state index contributed by atoms with van der Waals surface area (Å²) in [5.74, 6) is -2.35. The number of ether oxygens (including phenoxy) is 2. The largest absolute Gasteiger partial charge is 0.493 e. The lowest BCUT2D eigenvalue weighted by atomic mass is 10.2. The second-order valence-electron chi connectivity index (χ2n) is 3.99. The normalized spacial score (nSPS) is 10.2. The van der Waals surface area contributed by atoms with Crippen LogP contribution in [0.4, 0.5) is 0 Å². The van der Waals surface area contributed by atoms with Crippen LogP contribution in [0.5, 0.6) is 11.5 Å². The van der Waals surface area contributed by atoms with Crippen LogP contribution >= 0.6 is 15.9 Å². The SMILES string of the molecule is CNC(=O)C(=O)N/N=C\c1cc(Br)c(OCC(=O)O)c(OC)c1. The van der Waals surface area contributed by atoms with E-state index in [0.29, 0.717) is 10.0 Å². The number of carbonyl (C=O) groups is 3. The van der Waals surface area contributed by atoms with Gasteiger partial charge in [0.15, 0.2) is 18.1 Å². The van der Waals surface area contributed by atoms with E-state index in [1.165, 1.54) is 26.4 Å². The fraction of sp³-hybridized carbons (Fsp3) is 0.231. The average molecular weight is 388 g/mol. The van der Waals surface area contributed by atoms with Crippen molar-refractivity contribution in [3.8, 4) is 11.5 Å². The Morgan fingerprint density at radius 2 is 2.04 bits per heavy atom. The molecule has 0 fully saturated rings. The predicted octanol–water partition coefficient (Wildman–Crippen LogP) is 0.117. The molecule has 9 nitrogen and oxygen atoms in total. The Bertz CT molecular complexity index is 647. The molecule has 0 aromatic heterocycles. The molecule has 23 heavy (non-hydrogen) atoms. The van der Waals surface area contributed by atoms with Crippen molar-refractivity contribution >= 4 is 39.9 Å². The van der Waals surface area contributed by atoms with Gasteiger partial charge in [-0.2, -0.15) is 5.10 Å². The number of carboxylic acid groups (broad SMARTS) is 1. The van der Waals surface area contributed by atoms with E-state index in [1.807, 2.05) is 5.43 Å². The van der Waals surface area contributed by atoms with Gasteiger partial charge in [-0.3, -0.25) is 9.59 Å². The van der Waals surface area contributed by atoms with Crippen LogP contribution in [0.1, 0.15) is 5.56 Å². The van der Waals surface area contributed by atoms with Crippen molar-refractivity contribution in [3.05, 3.63) is 22.2 Å². The highest BCUT2D eigenvalue weighted by molar-refractivity contribution is 9.10. The molecule has 0 saturated heterocycles. The molecule has 2 amide bonds. The molecule has 124 valence electrons. The first-order chi connectivity index (χ1) is 10.9. The van der Waals surface area contributed by atoms with Gasteiger partial charge in [0.2, 0.25) is 0 Å². The zero-order chi connectivity index (χ0) is 17.4. The van der Waals surface area contributed by atoms with Crippen LogP contribution in [0.25, 0.3) is 0 Å². The van der Waals surface area contributed by atoms with Crippen LogP contribution in [-0.4, -0.2) is 49.9 Å². The van der Waals surface area contributed by atoms with Crippen LogP contribution in [0.3, 0.4) is 0 Å². The van der Waals surface area contributed by atoms with E-state index in [0.717, 1.165) is 0 Å². The Balaban J connectivity index is 2.89. The summed E-state index contributed by atoms with van der Waals surface area (Å²) in [6, 6.07) is 3.10. The molecule has 0 spiro atoms. The molecule has 0 atom stereocenters. The summed E-state index contributed by atoms with van der Waals surface area (Å²) in [7, 11) is 2.72. The van der Waals surface area contributed by atoms with Gasteiger partial charge in [0.25, 0.3) is 0 Å². The van der Waals surface area contributed by atoms with Crippen molar-refractivity contribution in [2.75, 3.05) is 20.8 Å². The number of hydrogen-bond acceptors (Lipinski definition) is 6. The van der Waals surface area contributed by atoms with E-state index in [2.05, 4.69) is 26.3 Å². The van der Waals surface area contributed by atoms with Crippen molar-refractivity contribution in [1.29, 1.82) is 0 Å². The molecule has 0 heterocycles. The van der Waals surface area contributed by atoms with E-state index in [-0.39, 0.29) is 11.5 Å². The zero-order valence-corrected chi connectivity index (χ0v) is 13.8. The van der Waals surface area contributed by atoms with E-state index in [1.54, 1.807) is 6.07 Å². The number of carbonyl (C=O) groups excluding carboxylic acids is 2. The predicted molar refractivity (Wildman–Crippen MR) is 83.6 cm³/mol. The summed E-state index contributed by atoms with van der Waals surface area (Å²) in [4.78, 5) is 32.8. The molecule has 0 saturated carbocycles. The summed E-state index contributed by atoms with van der Waals surface area (Å²) in [5, 5.41) is 14.4. The molecule has 10 heteroatoms. The number of aliphatic carboxylic acids is 1. The quantitative estimate of drug-likeness (QED) is 0.361. The van der Waals surface area contributed by atoms with Gasteiger partial charge in [-0.05, 0) is 33.6 Å². The number of methoxy groups -OCH3 is 1. The average Bonchev–Trinajstić information content (AvgIpc) is 2.52. The van der Waals surface area contributed by atoms with Gasteiger partial charge in [0.1, 0.15) is 0 Å². The molecular weight excluding hydrogens is 374 g/mol. The molecular formula is C13H14BrN3O6. The minimum atomic E-state index is -1.12. The Hall–Kier alpha value is -2.62. The van der Waals surface area contributed by atoms with E-state index in [4.69, 9.17) is 14.6 Å². The lowest BCUT2D eigenvalue weighted by Crippen LogP contribution is -2.35. The Morgan fingerprint density at radius 1 is 1.35 bits per heavy atom. The molecule has 0 bridgehead atoms. The van der Waals surface area contributed by atoms with E-state index >= 15 is 0 Å². The number of amides is 2. The molecule has 0 radical (unpaired) electrons. The number of benzene rings is 1. The summed E-state index contributed by atoms with van der Waals surface area (Å²) in [5.41, 5.74) is 2.57. The number of likely N-dealkylation sites (N-methyl/N-ethyl adjacent to an activating group) is 1. The maximum absolute atomic E-state index is 11.2. The lowest BCUT2D eigenvalue weighted by Gasteiger charge is -2.12. The van der Waals surface area contributed by atoms with Gasteiger partial charge in [0, 0.05) is 7.05 Å². The van der Waals surface area contributed by atoms with Gasteiger partial charge in [0.05, 0.1) is 17.8 Å². The molecule has 0 aliphatic rings. The Morgan fingerprint density at radius 3 is 2.61 bits per heavy atom. The third-order valence-corrected chi connectivity index (χ3v) is 2.99. The first kappa shape index (κ1) is 18.4. The van der Waals surface area contributed by atoms with Crippen molar-refractivity contribution < 1.29 is 29.0 Å². The highest BCUT2D eigenvalue weighted by atomic mass is 79.9. The summed E-state index contributed by atoms with van der Waals surface area (Å²) in [6.07, 6.45) is 1.29. The first-order valence-corrected chi connectivity index (χ1v) is 6.95. The molecule has 1 aromatic rings. The number of rotatable bonds is 6. The van der Waals surface area contributed by atoms with Gasteiger partial charge in [-0.25, -0.2) is 10.2 Å². The minimum absolute atomic E-state index is 0.224. The number of hydrazone groups is 1. The molecule has 0 aliphatic heterocycles. The summed E-state index contributed by atoms with van der Waals surface area (Å²) >= 11 is 3.23. The molecule has 0 aliphatic carbocycles. The van der Waals surface area contributed by atoms with Crippen molar-refractivity contribution in [2.45, 2.75) is 0 Å². The second kappa shape index (κ2) is 8.73. The number of nitrogens with zero attached hydrogens (tertiary/aromatic N) is 1. The fourth-order valence-electron chi connectivity index (χ4n) is 1.42. The Labute approximate surface area is 139 Å². The van der Waals surface area contributed by atoms with Crippen LogP contribution < -0.4 is 20.2 Å². The van der Waals surface area contributed by atoms with Gasteiger partial charge in [-0.1, -0.05) is 0 Å². The molecule has 1 aromatic carbocycles. The number of carboxylic acids is 1. The smallest absolute Gasteiger partial charge is 0.341 e. The third kappa shape index (κ3) is 5.58. The zero-order valence-electron chi connectivity index (χ0n) is 12.3. The van der Waals surface area contributed by atoms with Gasteiger partial charge >= 0.3 is 17.8 Å². The Kier molecular flexibility index (Phi) is 7.00. The van der Waals surface area contributed by atoms with Crippen molar-refractivity contribution in [2.24, 2.45) is 5.10 Å². The van der Waals surface area contributed by atoms with Gasteiger partial charge in [-0.15, -0.1) is 0 Å². The van der Waals surface area contributed by atoms with Crippen LogP contribution in [0, 0.1) is 0 Å². The third-order valence-electron chi connectivity index (χ3n) is 2.40. The summed E-state index contributed by atoms with van der Waals surface area (Å²) < 4.78 is 10.7. The molecule has 0 unspecified atom stereocenters. The molecule has 1 rings (SSSR count). The maximum atomic E-state index is 11.2. The number of nitrogens with one attached hydrogen (secondary N) is 2. The second-order valence-corrected chi connectivity index (χ2v) is 4.85. The fourth-order valence-corrected chi connectivity index (χ4v) is 1.99. The number of hydrogen-bond donors (Lipinski definition) is 3. The highest BCUT2D eigenvalue weighted by Crippen LogP contribution is 2.36. The minimum Gasteiger partial charge on any atom is -0.493 e.